The Hall–Kier alpha value is -6.73. The molecule has 0 bridgehead atoms. The average molecular weight is 756 g/mol. The van der Waals surface area contributed by atoms with Crippen molar-refractivity contribution in [3.05, 3.63) is 217 Å². The molecule has 1 unspecified atom stereocenters. The predicted octanol–water partition coefficient (Wildman–Crippen LogP) is 12.3. The molecule has 7 heteroatoms. The van der Waals surface area contributed by atoms with Gasteiger partial charge in [-0.25, -0.2) is 15.0 Å². The van der Waals surface area contributed by atoms with Gasteiger partial charge in [0.1, 0.15) is 18.0 Å². The first kappa shape index (κ1) is 44.7. The number of rotatable bonds is 13. The van der Waals surface area contributed by atoms with Gasteiger partial charge in [-0.1, -0.05) is 168 Å². The van der Waals surface area contributed by atoms with Crippen molar-refractivity contribution in [2.45, 2.75) is 47.5 Å². The summed E-state index contributed by atoms with van der Waals surface area (Å²) in [7, 11) is 1.83. The van der Waals surface area contributed by atoms with E-state index in [-0.39, 0.29) is 5.92 Å². The van der Waals surface area contributed by atoms with Crippen LogP contribution >= 0.6 is 0 Å². The van der Waals surface area contributed by atoms with Crippen LogP contribution in [0.1, 0.15) is 53.3 Å². The van der Waals surface area contributed by atoms with Gasteiger partial charge in [-0.05, 0) is 56.2 Å². The van der Waals surface area contributed by atoms with Crippen LogP contribution in [0.2, 0.25) is 0 Å². The van der Waals surface area contributed by atoms with E-state index < -0.39 is 0 Å². The second-order valence-corrected chi connectivity index (χ2v) is 12.5. The molecule has 3 aromatic rings. The Kier molecular flexibility index (Phi) is 18.7. The summed E-state index contributed by atoms with van der Waals surface area (Å²) in [5.74, 6) is 2.19. The molecule has 2 aliphatic rings. The van der Waals surface area contributed by atoms with Crippen LogP contribution in [-0.4, -0.2) is 45.0 Å². The van der Waals surface area contributed by atoms with E-state index in [1.165, 1.54) is 0 Å². The van der Waals surface area contributed by atoms with Crippen LogP contribution in [0, 0.1) is 0 Å². The number of amidine groups is 1. The molecule has 1 atom stereocenters. The van der Waals surface area contributed by atoms with E-state index in [1.54, 1.807) is 18.5 Å². The maximum absolute atomic E-state index is 4.78. The number of hydrogen-bond acceptors (Lipinski definition) is 6. The van der Waals surface area contributed by atoms with Gasteiger partial charge in [-0.15, -0.1) is 0 Å². The largest absolute Gasteiger partial charge is 0.321 e. The molecule has 0 saturated carbocycles. The lowest BCUT2D eigenvalue weighted by Crippen LogP contribution is -2.28. The predicted molar refractivity (Wildman–Crippen MR) is 246 cm³/mol. The fourth-order valence-corrected chi connectivity index (χ4v) is 5.91. The topological polar surface area (TPSA) is 78.7 Å². The Morgan fingerprint density at radius 1 is 0.895 bits per heavy atom. The molecule has 292 valence electrons. The molecule has 1 aliphatic carbocycles. The quantitative estimate of drug-likeness (QED) is 0.139. The third-order valence-electron chi connectivity index (χ3n) is 8.62. The first-order chi connectivity index (χ1) is 27.8. The number of aromatic nitrogens is 3. The van der Waals surface area contributed by atoms with Crippen LogP contribution in [0.25, 0.3) is 11.4 Å². The molecule has 2 aromatic carbocycles. The molecule has 0 radical (unpaired) electrons. The zero-order valence-corrected chi connectivity index (χ0v) is 34.7. The Morgan fingerprint density at radius 3 is 2.18 bits per heavy atom. The fourth-order valence-electron chi connectivity index (χ4n) is 5.91. The maximum atomic E-state index is 4.78. The highest BCUT2D eigenvalue weighted by molar-refractivity contribution is 6.18. The van der Waals surface area contributed by atoms with Gasteiger partial charge in [0.25, 0.3) is 0 Å². The Bertz CT molecular complexity index is 2170. The summed E-state index contributed by atoms with van der Waals surface area (Å²) in [5.41, 5.74) is 13.0. The van der Waals surface area contributed by atoms with Gasteiger partial charge in [0.15, 0.2) is 5.82 Å². The molecule has 5 rings (SSSR count). The number of nitrogens with zero attached hydrogens (tertiary/aromatic N) is 6. The Balaban J connectivity index is 0.000000873. The molecule has 1 aromatic heterocycles. The van der Waals surface area contributed by atoms with Crippen LogP contribution in [0.3, 0.4) is 0 Å². The van der Waals surface area contributed by atoms with E-state index >= 15 is 0 Å². The summed E-state index contributed by atoms with van der Waals surface area (Å²) in [6.07, 6.45) is 27.6. The molecule has 1 N–H and O–H groups in total. The van der Waals surface area contributed by atoms with Crippen LogP contribution in [0.5, 0.6) is 0 Å². The van der Waals surface area contributed by atoms with Crippen molar-refractivity contribution >= 4 is 17.2 Å². The van der Waals surface area contributed by atoms with Crippen molar-refractivity contribution in [2.24, 2.45) is 10.1 Å². The molecule has 7 nitrogen and oxygen atoms in total. The van der Waals surface area contributed by atoms with Crippen molar-refractivity contribution in [2.75, 3.05) is 19.0 Å². The van der Waals surface area contributed by atoms with Gasteiger partial charge in [-0.2, -0.15) is 5.10 Å². The van der Waals surface area contributed by atoms with Gasteiger partial charge < -0.3 is 4.90 Å². The van der Waals surface area contributed by atoms with Crippen LogP contribution in [0.15, 0.2) is 222 Å². The zero-order chi connectivity index (χ0) is 41.6. The van der Waals surface area contributed by atoms with Crippen LogP contribution in [-0.2, 0) is 0 Å². The lowest BCUT2D eigenvalue weighted by Gasteiger charge is -2.24. The van der Waals surface area contributed by atoms with Gasteiger partial charge in [0.05, 0.1) is 17.1 Å². The van der Waals surface area contributed by atoms with Crippen LogP contribution in [0.4, 0.5) is 5.69 Å². The van der Waals surface area contributed by atoms with Crippen molar-refractivity contribution in [1.29, 1.82) is 0 Å². The van der Waals surface area contributed by atoms with Crippen molar-refractivity contribution in [3.8, 4) is 11.4 Å². The first-order valence-corrected chi connectivity index (χ1v) is 19.2. The van der Waals surface area contributed by atoms with E-state index in [0.717, 1.165) is 61.9 Å². The van der Waals surface area contributed by atoms with E-state index in [0.29, 0.717) is 18.2 Å². The third-order valence-corrected chi connectivity index (χ3v) is 8.62. The van der Waals surface area contributed by atoms with Crippen molar-refractivity contribution < 1.29 is 0 Å². The first-order valence-electron chi connectivity index (χ1n) is 19.2. The summed E-state index contributed by atoms with van der Waals surface area (Å²) in [4.78, 5) is 20.6. The normalized spacial score (nSPS) is 17.0. The molecular weight excluding hydrogens is 699 g/mol. The second-order valence-electron chi connectivity index (χ2n) is 12.5. The summed E-state index contributed by atoms with van der Waals surface area (Å²) < 4.78 is 0. The lowest BCUT2D eigenvalue weighted by molar-refractivity contribution is 0.595. The molecule has 57 heavy (non-hydrogen) atoms. The molecule has 0 saturated heterocycles. The summed E-state index contributed by atoms with van der Waals surface area (Å²) in [6, 6.07) is 19.8. The smallest absolute Gasteiger partial charge is 0.163 e. The highest BCUT2D eigenvalue weighted by atomic mass is 15.3. The number of hydrazone groups is 1. The number of benzene rings is 2. The number of aliphatic imine (C=N–C) groups is 1. The summed E-state index contributed by atoms with van der Waals surface area (Å²) in [5, 5.41) is 4.68. The van der Waals surface area contributed by atoms with E-state index in [2.05, 4.69) is 95.1 Å². The number of hydrogen-bond donors (Lipinski definition) is 1. The summed E-state index contributed by atoms with van der Waals surface area (Å²) in [6.45, 7) is 28.2. The molecule has 0 fully saturated rings. The minimum absolute atomic E-state index is 0.0646. The zero-order valence-electron chi connectivity index (χ0n) is 34.7. The van der Waals surface area contributed by atoms with E-state index in [9.17, 15) is 0 Å². The minimum atomic E-state index is -0.0646. The third kappa shape index (κ3) is 12.4. The average Bonchev–Trinajstić information content (AvgIpc) is 3.57. The van der Waals surface area contributed by atoms with Gasteiger partial charge in [-0.3, -0.25) is 10.4 Å². The molecular formula is C50H57N7. The number of anilines is 1. The Morgan fingerprint density at radius 2 is 1.58 bits per heavy atom. The van der Waals surface area contributed by atoms with Crippen LogP contribution < -0.4 is 5.43 Å². The molecule has 2 heterocycles. The molecule has 1 aliphatic heterocycles. The number of para-hydroxylation sites is 1. The highest BCUT2D eigenvalue weighted by Crippen LogP contribution is 2.38. The number of allylic oxidation sites excluding steroid dienone is 16. The highest BCUT2D eigenvalue weighted by Gasteiger charge is 2.35. The minimum Gasteiger partial charge on any atom is -0.321 e. The fraction of sp³-hybridized carbons (Fsp3) is 0.180. The second kappa shape index (κ2) is 23.9. The monoisotopic (exact) mass is 755 g/mol. The SMILES string of the molecule is C=C/C=C(/C)C=C.C=C/C=C(\C=C/CN1C(=NC)/C(=C\C)C2=C1C(=C)/C(=N\Nc1ccccc1)C=C2)C(/C=C\C)=C/C(C)c1ncnc(-c2ccccc2)n1.CC. The van der Waals surface area contributed by atoms with Crippen molar-refractivity contribution in [1.82, 2.24) is 19.9 Å². The molecule has 0 amide bonds. The standard InChI is InChI=1S/C41H41N7.C7H10.C2H6/c1-7-17-31(33(18-8-2)27-29(4)39-43-28-44-40(45-39)32-19-12-10-13-20-32)21-16-26-48-38-30(5)37(47-46-34-22-14-11-15-23-34)25-24-36(38)35(9-3)41(48)42-6;1-4-6-7(3)5-2;1-2/h7-25,27-29,46H,1,5,26H2,2-4,6H3;4-6H,1-2H2,3H3;1-2H3/b18-8-,21-16-,31-17+,33-27+,35-9-,42-41?,47-37-;7-6-;. The summed E-state index contributed by atoms with van der Waals surface area (Å²) >= 11 is 0. The van der Waals surface area contributed by atoms with Gasteiger partial charge >= 0.3 is 0 Å². The van der Waals surface area contributed by atoms with E-state index in [1.807, 2.05) is 133 Å². The lowest BCUT2D eigenvalue weighted by atomic mass is 9.95. The molecule has 0 spiro atoms. The maximum Gasteiger partial charge on any atom is 0.163 e. The van der Waals surface area contributed by atoms with E-state index in [4.69, 9.17) is 9.98 Å². The number of nitrogens with one attached hydrogen (secondary N) is 1. The Labute approximate surface area is 341 Å². The van der Waals surface area contributed by atoms with Gasteiger partial charge in [0, 0.05) is 41.8 Å². The van der Waals surface area contributed by atoms with Gasteiger partial charge in [0.2, 0.25) is 0 Å². The van der Waals surface area contributed by atoms with Crippen molar-refractivity contribution in [3.63, 3.8) is 0 Å².